The number of aryl methyl sites for hydroxylation is 1. The molecule has 0 unspecified atom stereocenters. The quantitative estimate of drug-likeness (QED) is 0.724. The van der Waals surface area contributed by atoms with Crippen LogP contribution in [0.1, 0.15) is 32.6 Å². The van der Waals surface area contributed by atoms with Crippen LogP contribution in [-0.2, 0) is 20.7 Å². The van der Waals surface area contributed by atoms with E-state index >= 15 is 0 Å². The number of esters is 1. The summed E-state index contributed by atoms with van der Waals surface area (Å²) in [5.74, 6) is -0.277. The number of carbonyl (C=O) groups excluding carboxylic acids is 2. The van der Waals surface area contributed by atoms with E-state index in [4.69, 9.17) is 9.26 Å². The molecule has 26 heavy (non-hydrogen) atoms. The molecule has 0 saturated heterocycles. The molecule has 0 saturated carbocycles. The van der Waals surface area contributed by atoms with Crippen LogP contribution in [0.3, 0.4) is 0 Å². The molecule has 0 aliphatic rings. The SMILES string of the molecule is COC(=O)[C@@H](CC(C)C)NC(=O)CCc1nc(-c2ccc(F)cc2)no1. The van der Waals surface area contributed by atoms with Crippen molar-refractivity contribution in [2.45, 2.75) is 39.2 Å². The first-order valence-corrected chi connectivity index (χ1v) is 8.34. The number of methoxy groups -OCH3 is 1. The number of nitrogens with one attached hydrogen (secondary N) is 1. The summed E-state index contributed by atoms with van der Waals surface area (Å²) in [6.45, 7) is 3.91. The second-order valence-electron chi connectivity index (χ2n) is 6.29. The third kappa shape index (κ3) is 5.65. The molecule has 0 radical (unpaired) electrons. The molecule has 2 aromatic rings. The predicted molar refractivity (Wildman–Crippen MR) is 91.4 cm³/mol. The molecule has 1 atom stereocenters. The van der Waals surface area contributed by atoms with Crippen LogP contribution >= 0.6 is 0 Å². The average molecular weight is 363 g/mol. The number of halogens is 1. The van der Waals surface area contributed by atoms with Crippen molar-refractivity contribution in [1.82, 2.24) is 15.5 Å². The normalized spacial score (nSPS) is 12.0. The zero-order chi connectivity index (χ0) is 19.1. The van der Waals surface area contributed by atoms with Gasteiger partial charge in [0.05, 0.1) is 7.11 Å². The maximum atomic E-state index is 12.9. The summed E-state index contributed by atoms with van der Waals surface area (Å²) < 4.78 is 22.8. The minimum Gasteiger partial charge on any atom is -0.467 e. The molecule has 1 aromatic heterocycles. The van der Waals surface area contributed by atoms with Gasteiger partial charge in [-0.2, -0.15) is 4.98 Å². The van der Waals surface area contributed by atoms with Crippen molar-refractivity contribution < 1.29 is 23.2 Å². The fraction of sp³-hybridized carbons (Fsp3) is 0.444. The van der Waals surface area contributed by atoms with Crippen molar-refractivity contribution in [2.24, 2.45) is 5.92 Å². The van der Waals surface area contributed by atoms with Crippen LogP contribution in [0.2, 0.25) is 0 Å². The van der Waals surface area contributed by atoms with E-state index in [2.05, 4.69) is 15.5 Å². The number of hydrogen-bond acceptors (Lipinski definition) is 6. The van der Waals surface area contributed by atoms with Gasteiger partial charge in [0.15, 0.2) is 0 Å². The van der Waals surface area contributed by atoms with E-state index in [9.17, 15) is 14.0 Å². The van der Waals surface area contributed by atoms with E-state index in [1.807, 2.05) is 13.8 Å². The maximum Gasteiger partial charge on any atom is 0.328 e. The molecule has 8 heteroatoms. The monoisotopic (exact) mass is 363 g/mol. The lowest BCUT2D eigenvalue weighted by Gasteiger charge is -2.18. The van der Waals surface area contributed by atoms with E-state index in [-0.39, 0.29) is 36.4 Å². The molecule has 2 rings (SSSR count). The molecule has 0 aliphatic heterocycles. The van der Waals surface area contributed by atoms with Crippen LogP contribution < -0.4 is 5.32 Å². The molecule has 7 nitrogen and oxygen atoms in total. The van der Waals surface area contributed by atoms with E-state index in [0.29, 0.717) is 17.8 Å². The lowest BCUT2D eigenvalue weighted by molar-refractivity contribution is -0.145. The van der Waals surface area contributed by atoms with Gasteiger partial charge in [-0.05, 0) is 36.6 Å². The largest absolute Gasteiger partial charge is 0.467 e. The van der Waals surface area contributed by atoms with Crippen molar-refractivity contribution in [3.63, 3.8) is 0 Å². The van der Waals surface area contributed by atoms with Gasteiger partial charge in [-0.25, -0.2) is 9.18 Å². The molecule has 0 fully saturated rings. The van der Waals surface area contributed by atoms with Gasteiger partial charge in [0.1, 0.15) is 11.9 Å². The molecule has 1 N–H and O–H groups in total. The number of amides is 1. The number of carbonyl (C=O) groups is 2. The first-order chi connectivity index (χ1) is 12.4. The zero-order valence-electron chi connectivity index (χ0n) is 15.0. The molecule has 0 bridgehead atoms. The summed E-state index contributed by atoms with van der Waals surface area (Å²) in [7, 11) is 1.29. The molecule has 1 amide bonds. The number of nitrogens with zero attached hydrogens (tertiary/aromatic N) is 2. The van der Waals surface area contributed by atoms with Crippen LogP contribution in [0.4, 0.5) is 4.39 Å². The van der Waals surface area contributed by atoms with E-state index < -0.39 is 12.0 Å². The summed E-state index contributed by atoms with van der Waals surface area (Å²) in [6, 6.07) is 5.03. The molecule has 140 valence electrons. The van der Waals surface area contributed by atoms with Gasteiger partial charge < -0.3 is 14.6 Å². The Morgan fingerprint density at radius 3 is 2.58 bits per heavy atom. The topological polar surface area (TPSA) is 94.3 Å². The zero-order valence-corrected chi connectivity index (χ0v) is 15.0. The highest BCUT2D eigenvalue weighted by Gasteiger charge is 2.22. The van der Waals surface area contributed by atoms with E-state index in [1.54, 1.807) is 12.1 Å². The maximum absolute atomic E-state index is 12.9. The van der Waals surface area contributed by atoms with Crippen LogP contribution in [0.15, 0.2) is 28.8 Å². The molecular formula is C18H22FN3O4. The van der Waals surface area contributed by atoms with Crippen LogP contribution in [0.25, 0.3) is 11.4 Å². The lowest BCUT2D eigenvalue weighted by Crippen LogP contribution is -2.42. The standard InChI is InChI=1S/C18H22FN3O4/c1-11(2)10-14(18(24)25-3)20-15(23)8-9-16-21-17(22-26-16)12-4-6-13(19)7-5-12/h4-7,11,14H,8-10H2,1-3H3,(H,20,23)/t14-/m1/s1. The number of aromatic nitrogens is 2. The third-order valence-electron chi connectivity index (χ3n) is 3.66. The molecule has 1 heterocycles. The lowest BCUT2D eigenvalue weighted by atomic mass is 10.0. The van der Waals surface area contributed by atoms with E-state index in [1.165, 1.54) is 19.2 Å². The van der Waals surface area contributed by atoms with Gasteiger partial charge in [0.25, 0.3) is 0 Å². The van der Waals surface area contributed by atoms with E-state index in [0.717, 1.165) is 0 Å². The highest BCUT2D eigenvalue weighted by molar-refractivity contribution is 5.84. The van der Waals surface area contributed by atoms with Crippen molar-refractivity contribution >= 4 is 11.9 Å². The second kappa shape index (κ2) is 9.07. The van der Waals surface area contributed by atoms with Crippen molar-refractivity contribution in [3.05, 3.63) is 36.0 Å². The molecule has 0 aliphatic carbocycles. The van der Waals surface area contributed by atoms with Gasteiger partial charge >= 0.3 is 5.97 Å². The summed E-state index contributed by atoms with van der Waals surface area (Å²) in [5.41, 5.74) is 0.619. The van der Waals surface area contributed by atoms with Gasteiger partial charge in [-0.3, -0.25) is 4.79 Å². The van der Waals surface area contributed by atoms with Crippen LogP contribution in [0, 0.1) is 11.7 Å². The Balaban J connectivity index is 1.90. The fourth-order valence-corrected chi connectivity index (χ4v) is 2.39. The van der Waals surface area contributed by atoms with Gasteiger partial charge in [-0.1, -0.05) is 19.0 Å². The molecule has 0 spiro atoms. The van der Waals surface area contributed by atoms with Crippen LogP contribution in [-0.4, -0.2) is 35.2 Å². The number of rotatable bonds is 8. The predicted octanol–water partition coefficient (Wildman–Crippen LogP) is 2.51. The smallest absolute Gasteiger partial charge is 0.328 e. The summed E-state index contributed by atoms with van der Waals surface area (Å²) in [6.07, 6.45) is 0.819. The number of hydrogen-bond donors (Lipinski definition) is 1. The number of ether oxygens (including phenoxy) is 1. The minimum atomic E-state index is -0.676. The van der Waals surface area contributed by atoms with Gasteiger partial charge in [0.2, 0.25) is 17.6 Å². The fourth-order valence-electron chi connectivity index (χ4n) is 2.39. The van der Waals surface area contributed by atoms with Gasteiger partial charge in [-0.15, -0.1) is 0 Å². The summed E-state index contributed by atoms with van der Waals surface area (Å²) in [4.78, 5) is 28.0. The van der Waals surface area contributed by atoms with Crippen molar-refractivity contribution in [3.8, 4) is 11.4 Å². The van der Waals surface area contributed by atoms with Crippen LogP contribution in [0.5, 0.6) is 0 Å². The summed E-state index contributed by atoms with van der Waals surface area (Å²) >= 11 is 0. The molecular weight excluding hydrogens is 341 g/mol. The van der Waals surface area contributed by atoms with Crippen molar-refractivity contribution in [2.75, 3.05) is 7.11 Å². The summed E-state index contributed by atoms with van der Waals surface area (Å²) in [5, 5.41) is 6.49. The Morgan fingerprint density at radius 2 is 1.96 bits per heavy atom. The Morgan fingerprint density at radius 1 is 1.27 bits per heavy atom. The van der Waals surface area contributed by atoms with Gasteiger partial charge in [0, 0.05) is 18.4 Å². The second-order valence-corrected chi connectivity index (χ2v) is 6.29. The Hall–Kier alpha value is -2.77. The average Bonchev–Trinajstić information content (AvgIpc) is 3.08. The third-order valence-corrected chi connectivity index (χ3v) is 3.66. The molecule has 1 aromatic carbocycles. The highest BCUT2D eigenvalue weighted by atomic mass is 19.1. The Kier molecular flexibility index (Phi) is 6.82. The first kappa shape index (κ1) is 19.6. The number of benzene rings is 1. The Labute approximate surface area is 150 Å². The first-order valence-electron chi connectivity index (χ1n) is 8.34. The van der Waals surface area contributed by atoms with Crippen molar-refractivity contribution in [1.29, 1.82) is 0 Å². The Bertz CT molecular complexity index is 743. The highest BCUT2D eigenvalue weighted by Crippen LogP contribution is 2.16. The minimum absolute atomic E-state index is 0.0939.